The molecule has 132 valence electrons. The Balaban J connectivity index is 0.00000225. The van der Waals surface area contributed by atoms with Gasteiger partial charge >= 0.3 is 0 Å². The van der Waals surface area contributed by atoms with E-state index in [0.29, 0.717) is 0 Å². The predicted octanol–water partition coefficient (Wildman–Crippen LogP) is 6.77. The van der Waals surface area contributed by atoms with E-state index in [1.54, 1.807) is 7.11 Å². The molecule has 1 atom stereocenters. The first kappa shape index (κ1) is 19.6. The van der Waals surface area contributed by atoms with E-state index in [1.807, 2.05) is 0 Å². The second kappa shape index (κ2) is 8.59. The van der Waals surface area contributed by atoms with Crippen LogP contribution in [-0.4, -0.2) is 7.11 Å². The minimum atomic E-state index is 0. The Morgan fingerprint density at radius 2 is 1.76 bits per heavy atom. The number of benzene rings is 3. The third kappa shape index (κ3) is 3.94. The number of rotatable bonds is 5. The van der Waals surface area contributed by atoms with Gasteiger partial charge < -0.3 is 10.1 Å². The number of fused-ring (bicyclic) bond motifs is 1. The number of hydrogen-bond acceptors (Lipinski definition) is 2. The van der Waals surface area contributed by atoms with Crippen LogP contribution in [0.15, 0.2) is 59.1 Å². The summed E-state index contributed by atoms with van der Waals surface area (Å²) in [7, 11) is 1.73. The molecule has 4 heteroatoms. The van der Waals surface area contributed by atoms with Crippen molar-refractivity contribution < 1.29 is 4.74 Å². The fraction of sp³-hybridized carbons (Fsp3) is 0.238. The molecule has 0 aromatic heterocycles. The third-order valence-corrected chi connectivity index (χ3v) is 5.17. The minimum absolute atomic E-state index is 0. The summed E-state index contributed by atoms with van der Waals surface area (Å²) < 4.78 is 6.77. The Bertz CT molecular complexity index is 860. The normalized spacial score (nSPS) is 11.7. The molecule has 0 heterocycles. The molecule has 2 nitrogen and oxygen atoms in total. The molecule has 0 spiro atoms. The summed E-state index contributed by atoms with van der Waals surface area (Å²) in [6.07, 6.45) is 0.919. The summed E-state index contributed by atoms with van der Waals surface area (Å²) in [5, 5.41) is 6.17. The summed E-state index contributed by atoms with van der Waals surface area (Å²) in [6.45, 7) is 4.33. The van der Waals surface area contributed by atoms with E-state index in [4.69, 9.17) is 4.74 Å². The molecule has 0 aliphatic heterocycles. The molecule has 0 aliphatic carbocycles. The highest BCUT2D eigenvalue weighted by molar-refractivity contribution is 9.10. The van der Waals surface area contributed by atoms with E-state index >= 15 is 0 Å². The van der Waals surface area contributed by atoms with Crippen molar-refractivity contribution in [1.82, 2.24) is 0 Å². The highest BCUT2D eigenvalue weighted by atomic mass is 79.9. The maximum atomic E-state index is 5.68. The lowest BCUT2D eigenvalue weighted by atomic mass is 9.99. The molecule has 1 unspecified atom stereocenters. The number of hydrogen-bond donors (Lipinski definition) is 1. The van der Waals surface area contributed by atoms with E-state index in [1.165, 1.54) is 21.9 Å². The highest BCUT2D eigenvalue weighted by Gasteiger charge is 2.15. The quantitative estimate of drug-likeness (QED) is 0.492. The van der Waals surface area contributed by atoms with Crippen LogP contribution in [0.4, 0.5) is 5.69 Å². The van der Waals surface area contributed by atoms with Gasteiger partial charge in [-0.2, -0.15) is 0 Å². The van der Waals surface area contributed by atoms with E-state index in [-0.39, 0.29) is 18.4 Å². The molecule has 0 radical (unpaired) electrons. The molecule has 3 rings (SSSR count). The Morgan fingerprint density at radius 1 is 1.04 bits per heavy atom. The zero-order valence-electron chi connectivity index (χ0n) is 14.7. The lowest BCUT2D eigenvalue weighted by Gasteiger charge is -2.21. The molecular weight excluding hydrogens is 398 g/mol. The minimum Gasteiger partial charge on any atom is -0.494 e. The molecule has 3 aromatic carbocycles. The van der Waals surface area contributed by atoms with Crippen LogP contribution in [0.5, 0.6) is 5.75 Å². The Morgan fingerprint density at radius 3 is 2.48 bits per heavy atom. The zero-order chi connectivity index (χ0) is 17.1. The molecule has 1 N–H and O–H groups in total. The predicted molar refractivity (Wildman–Crippen MR) is 113 cm³/mol. The van der Waals surface area contributed by atoms with Crippen molar-refractivity contribution in [2.75, 3.05) is 12.4 Å². The van der Waals surface area contributed by atoms with Crippen molar-refractivity contribution in [3.05, 3.63) is 70.2 Å². The first-order chi connectivity index (χ1) is 11.7. The van der Waals surface area contributed by atoms with Gasteiger partial charge in [-0.15, -0.1) is 12.4 Å². The summed E-state index contributed by atoms with van der Waals surface area (Å²) in [4.78, 5) is 0. The van der Waals surface area contributed by atoms with Crippen LogP contribution < -0.4 is 10.1 Å². The van der Waals surface area contributed by atoms with Crippen molar-refractivity contribution in [3.63, 3.8) is 0 Å². The molecule has 0 bridgehead atoms. The maximum absolute atomic E-state index is 5.68. The second-order valence-electron chi connectivity index (χ2n) is 5.89. The zero-order valence-corrected chi connectivity index (χ0v) is 17.1. The van der Waals surface area contributed by atoms with Gasteiger partial charge in [-0.1, -0.05) is 65.3 Å². The van der Waals surface area contributed by atoms with Crippen molar-refractivity contribution in [1.29, 1.82) is 0 Å². The lowest BCUT2D eigenvalue weighted by molar-refractivity contribution is 0.411. The monoisotopic (exact) mass is 419 g/mol. The third-order valence-electron chi connectivity index (χ3n) is 4.42. The van der Waals surface area contributed by atoms with Crippen LogP contribution in [0, 0.1) is 0 Å². The molecular formula is C21H23BrClNO. The number of halogens is 2. The van der Waals surface area contributed by atoms with E-state index in [0.717, 1.165) is 22.3 Å². The van der Waals surface area contributed by atoms with Gasteiger partial charge in [0.2, 0.25) is 0 Å². The van der Waals surface area contributed by atoms with Crippen molar-refractivity contribution in [2.45, 2.75) is 26.3 Å². The maximum Gasteiger partial charge on any atom is 0.146 e. The van der Waals surface area contributed by atoms with Crippen LogP contribution in [0.3, 0.4) is 0 Å². The first-order valence-corrected chi connectivity index (χ1v) is 9.04. The van der Waals surface area contributed by atoms with Crippen molar-refractivity contribution in [2.24, 2.45) is 0 Å². The van der Waals surface area contributed by atoms with Crippen molar-refractivity contribution >= 4 is 44.8 Å². The smallest absolute Gasteiger partial charge is 0.146 e. The van der Waals surface area contributed by atoms with Gasteiger partial charge in [0.05, 0.1) is 12.8 Å². The summed E-state index contributed by atoms with van der Waals surface area (Å²) >= 11 is 3.62. The Labute approximate surface area is 164 Å². The largest absolute Gasteiger partial charge is 0.494 e. The fourth-order valence-corrected chi connectivity index (χ4v) is 3.81. The lowest BCUT2D eigenvalue weighted by Crippen LogP contribution is -2.09. The Hall–Kier alpha value is -1.71. The molecule has 3 aromatic rings. The summed E-state index contributed by atoms with van der Waals surface area (Å²) in [5.74, 6) is 0.916. The molecule has 0 aliphatic rings. The van der Waals surface area contributed by atoms with Crippen LogP contribution in [0.1, 0.15) is 31.0 Å². The number of methoxy groups -OCH3 is 1. The average molecular weight is 421 g/mol. The average Bonchev–Trinajstić information content (AvgIpc) is 2.62. The summed E-state index contributed by atoms with van der Waals surface area (Å²) in [5.41, 5.74) is 3.50. The molecule has 0 saturated heterocycles. The highest BCUT2D eigenvalue weighted by Crippen LogP contribution is 2.37. The van der Waals surface area contributed by atoms with Gasteiger partial charge in [0.1, 0.15) is 5.75 Å². The number of ether oxygens (including phenoxy) is 1. The van der Waals surface area contributed by atoms with Crippen molar-refractivity contribution in [3.8, 4) is 5.75 Å². The summed E-state index contributed by atoms with van der Waals surface area (Å²) in [6, 6.07) is 19.3. The molecule has 0 fully saturated rings. The molecule has 0 amide bonds. The van der Waals surface area contributed by atoms with Gasteiger partial charge in [-0.05, 0) is 41.8 Å². The van der Waals surface area contributed by atoms with Crippen LogP contribution in [-0.2, 0) is 6.42 Å². The van der Waals surface area contributed by atoms with Gasteiger partial charge in [0.25, 0.3) is 0 Å². The first-order valence-electron chi connectivity index (χ1n) is 8.25. The van der Waals surface area contributed by atoms with Gasteiger partial charge in [0.15, 0.2) is 0 Å². The van der Waals surface area contributed by atoms with Gasteiger partial charge in [-0.3, -0.25) is 0 Å². The standard InChI is InChI=1S/C21H22BrNO.ClH/c1-4-16-19(22)12-13-20(21(16)24-3)23-14(2)17-11-7-9-15-8-5-6-10-18(15)17;/h5-14,23H,4H2,1-3H3;1H. The Kier molecular flexibility index (Phi) is 6.74. The van der Waals surface area contributed by atoms with Crippen LogP contribution in [0.2, 0.25) is 0 Å². The van der Waals surface area contributed by atoms with E-state index < -0.39 is 0 Å². The van der Waals surface area contributed by atoms with Gasteiger partial charge in [0, 0.05) is 16.1 Å². The molecule has 25 heavy (non-hydrogen) atoms. The number of anilines is 1. The molecule has 0 saturated carbocycles. The van der Waals surface area contributed by atoms with E-state index in [9.17, 15) is 0 Å². The number of nitrogens with one attached hydrogen (secondary N) is 1. The fourth-order valence-electron chi connectivity index (χ4n) is 3.22. The van der Waals surface area contributed by atoms with Crippen LogP contribution >= 0.6 is 28.3 Å². The topological polar surface area (TPSA) is 21.3 Å². The SMILES string of the molecule is CCc1c(Br)ccc(NC(C)c2cccc3ccccc23)c1OC.Cl. The second-order valence-corrected chi connectivity index (χ2v) is 6.75. The van der Waals surface area contributed by atoms with Gasteiger partial charge in [-0.25, -0.2) is 0 Å². The van der Waals surface area contributed by atoms with E-state index in [2.05, 4.69) is 89.7 Å². The van der Waals surface area contributed by atoms with Crippen LogP contribution in [0.25, 0.3) is 10.8 Å².